The van der Waals surface area contributed by atoms with Crippen molar-refractivity contribution in [2.75, 3.05) is 0 Å². The molecule has 0 atom stereocenters. The second-order valence-corrected chi connectivity index (χ2v) is 3.10. The molecule has 0 N–H and O–H groups in total. The van der Waals surface area contributed by atoms with Gasteiger partial charge in [0, 0.05) is 31.3 Å². The molecule has 80 valence electrons. The summed E-state index contributed by atoms with van der Waals surface area (Å²) in [4.78, 5) is 7.75. The SMILES string of the molecule is CCc1ccncc1.CCn1ccnc1. The normalized spacial score (nSPS) is 9.20. The lowest BCUT2D eigenvalue weighted by Gasteiger charge is -1.89. The number of hydrogen-bond donors (Lipinski definition) is 0. The minimum absolute atomic E-state index is 1.01. The van der Waals surface area contributed by atoms with Crippen molar-refractivity contribution in [3.63, 3.8) is 0 Å². The van der Waals surface area contributed by atoms with Crippen LogP contribution in [0.1, 0.15) is 19.4 Å². The van der Waals surface area contributed by atoms with Crippen LogP contribution in [0.2, 0.25) is 0 Å². The van der Waals surface area contributed by atoms with Gasteiger partial charge in [-0.2, -0.15) is 0 Å². The maximum Gasteiger partial charge on any atom is 0.0945 e. The van der Waals surface area contributed by atoms with Gasteiger partial charge in [0.1, 0.15) is 0 Å². The van der Waals surface area contributed by atoms with Gasteiger partial charge >= 0.3 is 0 Å². The molecule has 0 bridgehead atoms. The minimum Gasteiger partial charge on any atom is -0.338 e. The zero-order valence-corrected chi connectivity index (χ0v) is 9.30. The van der Waals surface area contributed by atoms with Gasteiger partial charge in [-0.25, -0.2) is 4.98 Å². The second kappa shape index (κ2) is 6.76. The van der Waals surface area contributed by atoms with E-state index >= 15 is 0 Å². The van der Waals surface area contributed by atoms with Crippen molar-refractivity contribution < 1.29 is 0 Å². The minimum atomic E-state index is 1.01. The molecule has 2 heterocycles. The van der Waals surface area contributed by atoms with Crippen molar-refractivity contribution in [1.82, 2.24) is 14.5 Å². The van der Waals surface area contributed by atoms with Crippen LogP contribution in [-0.2, 0) is 13.0 Å². The molecule has 2 aromatic heterocycles. The fourth-order valence-corrected chi connectivity index (χ4v) is 1.09. The molecule has 0 aliphatic rings. The van der Waals surface area contributed by atoms with Crippen molar-refractivity contribution in [1.29, 1.82) is 0 Å². The molecular formula is C12H17N3. The van der Waals surface area contributed by atoms with Gasteiger partial charge in [-0.05, 0) is 31.0 Å². The van der Waals surface area contributed by atoms with Gasteiger partial charge in [0.2, 0.25) is 0 Å². The highest BCUT2D eigenvalue weighted by atomic mass is 15.0. The molecule has 0 aliphatic carbocycles. The summed E-state index contributed by atoms with van der Waals surface area (Å²) in [5.41, 5.74) is 1.35. The molecule has 0 radical (unpaired) electrons. The molecule has 0 spiro atoms. The Morgan fingerprint density at radius 1 is 1.07 bits per heavy atom. The average molecular weight is 203 g/mol. The molecular weight excluding hydrogens is 186 g/mol. The lowest BCUT2D eigenvalue weighted by Crippen LogP contribution is -1.85. The number of pyridine rings is 1. The maximum absolute atomic E-state index is 3.89. The first-order valence-corrected chi connectivity index (χ1v) is 5.21. The van der Waals surface area contributed by atoms with Crippen LogP contribution in [0.3, 0.4) is 0 Å². The Bertz CT molecular complexity index is 340. The van der Waals surface area contributed by atoms with E-state index in [9.17, 15) is 0 Å². The largest absolute Gasteiger partial charge is 0.338 e. The van der Waals surface area contributed by atoms with Crippen LogP contribution < -0.4 is 0 Å². The molecule has 3 heteroatoms. The standard InChI is InChI=1S/C7H9N.C5H8N2/c1-2-7-3-5-8-6-4-7;1-2-7-4-3-6-5-7/h3-6H,2H2,1H3;3-5H,2H2,1H3. The third-order valence-electron chi connectivity index (χ3n) is 2.08. The lowest BCUT2D eigenvalue weighted by molar-refractivity contribution is 0.761. The Balaban J connectivity index is 0.000000151. The van der Waals surface area contributed by atoms with E-state index in [0.29, 0.717) is 0 Å². The van der Waals surface area contributed by atoms with Gasteiger partial charge in [0.25, 0.3) is 0 Å². The second-order valence-electron chi connectivity index (χ2n) is 3.10. The highest BCUT2D eigenvalue weighted by molar-refractivity contribution is 5.08. The van der Waals surface area contributed by atoms with Crippen LogP contribution in [0.15, 0.2) is 43.2 Å². The molecule has 0 unspecified atom stereocenters. The number of aryl methyl sites for hydroxylation is 2. The van der Waals surface area contributed by atoms with Gasteiger partial charge < -0.3 is 4.57 Å². The predicted molar refractivity (Wildman–Crippen MR) is 61.5 cm³/mol. The Morgan fingerprint density at radius 2 is 1.80 bits per heavy atom. The van der Waals surface area contributed by atoms with Crippen molar-refractivity contribution in [2.45, 2.75) is 26.8 Å². The van der Waals surface area contributed by atoms with E-state index in [0.717, 1.165) is 13.0 Å². The maximum atomic E-state index is 3.89. The van der Waals surface area contributed by atoms with E-state index in [1.807, 2.05) is 35.3 Å². The van der Waals surface area contributed by atoms with E-state index in [4.69, 9.17) is 0 Å². The number of imidazole rings is 1. The van der Waals surface area contributed by atoms with Gasteiger partial charge in [-0.1, -0.05) is 6.92 Å². The van der Waals surface area contributed by atoms with Gasteiger partial charge in [0.05, 0.1) is 6.33 Å². The Kier molecular flexibility index (Phi) is 5.15. The Hall–Kier alpha value is -1.64. The van der Waals surface area contributed by atoms with Crippen LogP contribution in [0.4, 0.5) is 0 Å². The van der Waals surface area contributed by atoms with Crippen LogP contribution in [0.5, 0.6) is 0 Å². The number of hydrogen-bond acceptors (Lipinski definition) is 2. The molecule has 2 rings (SSSR count). The zero-order valence-electron chi connectivity index (χ0n) is 9.30. The van der Waals surface area contributed by atoms with Gasteiger partial charge in [-0.3, -0.25) is 4.98 Å². The summed E-state index contributed by atoms with van der Waals surface area (Å²) in [5, 5.41) is 0. The van der Waals surface area contributed by atoms with Crippen molar-refractivity contribution in [3.8, 4) is 0 Å². The zero-order chi connectivity index (χ0) is 10.9. The summed E-state index contributed by atoms with van der Waals surface area (Å²) in [6.07, 6.45) is 10.3. The van der Waals surface area contributed by atoms with E-state index in [2.05, 4.69) is 23.8 Å². The molecule has 0 amide bonds. The van der Waals surface area contributed by atoms with Crippen LogP contribution >= 0.6 is 0 Å². The smallest absolute Gasteiger partial charge is 0.0945 e. The van der Waals surface area contributed by atoms with E-state index in [1.54, 1.807) is 12.5 Å². The quantitative estimate of drug-likeness (QED) is 0.751. The molecule has 2 aromatic rings. The predicted octanol–water partition coefficient (Wildman–Crippen LogP) is 2.55. The molecule has 3 nitrogen and oxygen atoms in total. The summed E-state index contributed by atoms with van der Waals surface area (Å²) in [7, 11) is 0. The van der Waals surface area contributed by atoms with Crippen LogP contribution in [0.25, 0.3) is 0 Å². The number of nitrogens with zero attached hydrogens (tertiary/aromatic N) is 3. The monoisotopic (exact) mass is 203 g/mol. The lowest BCUT2D eigenvalue weighted by atomic mass is 10.2. The summed E-state index contributed by atoms with van der Waals surface area (Å²) < 4.78 is 2.01. The first-order valence-electron chi connectivity index (χ1n) is 5.21. The van der Waals surface area contributed by atoms with Crippen LogP contribution in [-0.4, -0.2) is 14.5 Å². The highest BCUT2D eigenvalue weighted by Gasteiger charge is 1.80. The van der Waals surface area contributed by atoms with Gasteiger partial charge in [0.15, 0.2) is 0 Å². The average Bonchev–Trinajstić information content (AvgIpc) is 2.84. The molecule has 0 saturated carbocycles. The molecule has 0 fully saturated rings. The number of aromatic nitrogens is 3. The fourth-order valence-electron chi connectivity index (χ4n) is 1.09. The van der Waals surface area contributed by atoms with Crippen molar-refractivity contribution >= 4 is 0 Å². The molecule has 0 aliphatic heterocycles. The molecule has 15 heavy (non-hydrogen) atoms. The summed E-state index contributed by atoms with van der Waals surface area (Å²) in [6.45, 7) is 5.23. The Morgan fingerprint density at radius 3 is 2.13 bits per heavy atom. The van der Waals surface area contributed by atoms with Crippen LogP contribution in [0, 0.1) is 0 Å². The number of rotatable bonds is 2. The molecule has 0 saturated heterocycles. The van der Waals surface area contributed by atoms with E-state index in [-0.39, 0.29) is 0 Å². The van der Waals surface area contributed by atoms with Gasteiger partial charge in [-0.15, -0.1) is 0 Å². The summed E-state index contributed by atoms with van der Waals surface area (Å²) >= 11 is 0. The molecule has 0 aromatic carbocycles. The first kappa shape index (κ1) is 11.4. The van der Waals surface area contributed by atoms with E-state index in [1.165, 1.54) is 5.56 Å². The van der Waals surface area contributed by atoms with E-state index < -0.39 is 0 Å². The highest BCUT2D eigenvalue weighted by Crippen LogP contribution is 1.94. The third-order valence-corrected chi connectivity index (χ3v) is 2.08. The first-order chi connectivity index (χ1) is 7.36. The third kappa shape index (κ3) is 4.40. The van der Waals surface area contributed by atoms with Crippen molar-refractivity contribution in [2.24, 2.45) is 0 Å². The summed E-state index contributed by atoms with van der Waals surface area (Å²) in [5.74, 6) is 0. The topological polar surface area (TPSA) is 30.7 Å². The Labute approximate surface area is 90.8 Å². The fraction of sp³-hybridized carbons (Fsp3) is 0.333. The summed E-state index contributed by atoms with van der Waals surface area (Å²) in [6, 6.07) is 4.06. The van der Waals surface area contributed by atoms with Crippen molar-refractivity contribution in [3.05, 3.63) is 48.8 Å².